The third-order valence-corrected chi connectivity index (χ3v) is 5.81. The summed E-state index contributed by atoms with van der Waals surface area (Å²) >= 11 is 5.96. The summed E-state index contributed by atoms with van der Waals surface area (Å²) in [6.45, 7) is 2.84. The molecule has 3 aromatic rings. The van der Waals surface area contributed by atoms with Gasteiger partial charge in [-0.05, 0) is 55.9 Å². The topological polar surface area (TPSA) is 75.0 Å². The van der Waals surface area contributed by atoms with Gasteiger partial charge in [0, 0.05) is 23.7 Å². The number of nitrogens with one attached hydrogen (secondary N) is 1. The highest BCUT2D eigenvalue weighted by Crippen LogP contribution is 2.32. The van der Waals surface area contributed by atoms with Crippen LogP contribution < -0.4 is 0 Å². The van der Waals surface area contributed by atoms with Crippen LogP contribution in [-0.2, 0) is 12.8 Å². The van der Waals surface area contributed by atoms with Crippen molar-refractivity contribution in [2.75, 3.05) is 6.54 Å². The number of rotatable bonds is 7. The Kier molecular flexibility index (Phi) is 6.53. The maximum Gasteiger partial charge on any atom is 0.275 e. The van der Waals surface area contributed by atoms with E-state index in [-0.39, 0.29) is 11.9 Å². The summed E-state index contributed by atoms with van der Waals surface area (Å²) in [4.78, 5) is 19.5. The lowest BCUT2D eigenvalue weighted by atomic mass is 10.0. The van der Waals surface area contributed by atoms with E-state index in [2.05, 4.69) is 22.1 Å². The van der Waals surface area contributed by atoms with Gasteiger partial charge in [0.2, 0.25) is 5.89 Å². The van der Waals surface area contributed by atoms with Gasteiger partial charge in [0.1, 0.15) is 17.5 Å². The number of hydrogen-bond donors (Lipinski definition) is 1. The second kappa shape index (κ2) is 9.47. The van der Waals surface area contributed by atoms with Crippen LogP contribution in [0.25, 0.3) is 0 Å². The molecular formula is C23H27ClN4O2. The van der Waals surface area contributed by atoms with Crippen molar-refractivity contribution in [3.05, 3.63) is 70.2 Å². The van der Waals surface area contributed by atoms with Crippen LogP contribution in [0.1, 0.15) is 78.5 Å². The smallest absolute Gasteiger partial charge is 0.275 e. The van der Waals surface area contributed by atoms with Crippen molar-refractivity contribution >= 4 is 17.5 Å². The monoisotopic (exact) mass is 426 g/mol. The average Bonchev–Trinajstić information content (AvgIpc) is 3.43. The first-order chi connectivity index (χ1) is 14.6. The highest BCUT2D eigenvalue weighted by molar-refractivity contribution is 6.30. The molecule has 7 heteroatoms. The zero-order valence-electron chi connectivity index (χ0n) is 17.2. The largest absolute Gasteiger partial charge is 0.443 e. The molecule has 1 aromatic carbocycles. The normalized spacial score (nSPS) is 16.7. The molecule has 3 heterocycles. The predicted octanol–water partition coefficient (Wildman–Crippen LogP) is 5.35. The molecule has 0 spiro atoms. The van der Waals surface area contributed by atoms with Gasteiger partial charge >= 0.3 is 0 Å². The van der Waals surface area contributed by atoms with E-state index in [1.807, 2.05) is 35.2 Å². The quantitative estimate of drug-likeness (QED) is 0.552. The Morgan fingerprint density at radius 1 is 1.30 bits per heavy atom. The van der Waals surface area contributed by atoms with Crippen LogP contribution in [0.4, 0.5) is 0 Å². The van der Waals surface area contributed by atoms with Gasteiger partial charge in [-0.2, -0.15) is 5.10 Å². The molecule has 0 saturated carbocycles. The average molecular weight is 427 g/mol. The molecular weight excluding hydrogens is 400 g/mol. The molecule has 1 atom stereocenters. The first-order valence-corrected chi connectivity index (χ1v) is 11.1. The summed E-state index contributed by atoms with van der Waals surface area (Å²) in [5.41, 5.74) is 2.59. The number of aromatic amines is 1. The van der Waals surface area contributed by atoms with Gasteiger partial charge < -0.3 is 9.32 Å². The number of halogens is 1. The first kappa shape index (κ1) is 20.7. The summed E-state index contributed by atoms with van der Waals surface area (Å²) in [6.07, 6.45) is 8.38. The third kappa shape index (κ3) is 4.75. The van der Waals surface area contributed by atoms with Gasteiger partial charge in [-0.15, -0.1) is 0 Å². The summed E-state index contributed by atoms with van der Waals surface area (Å²) in [6, 6.07) is 9.43. The second-order valence-corrected chi connectivity index (χ2v) is 8.30. The van der Waals surface area contributed by atoms with Crippen LogP contribution in [0.3, 0.4) is 0 Å². The molecule has 30 heavy (non-hydrogen) atoms. The van der Waals surface area contributed by atoms with E-state index < -0.39 is 0 Å². The number of nitrogens with zero attached hydrogens (tertiary/aromatic N) is 3. The van der Waals surface area contributed by atoms with Crippen LogP contribution in [0.15, 0.2) is 40.9 Å². The number of aromatic nitrogens is 3. The van der Waals surface area contributed by atoms with Crippen LogP contribution in [0.5, 0.6) is 0 Å². The Labute approximate surface area is 181 Å². The Balaban J connectivity index is 1.48. The fourth-order valence-corrected chi connectivity index (χ4v) is 4.03. The van der Waals surface area contributed by atoms with Gasteiger partial charge in [0.25, 0.3) is 5.91 Å². The number of H-pyrrole nitrogens is 1. The zero-order valence-corrected chi connectivity index (χ0v) is 18.0. The van der Waals surface area contributed by atoms with E-state index in [0.29, 0.717) is 29.6 Å². The van der Waals surface area contributed by atoms with Gasteiger partial charge in [0.05, 0.1) is 6.20 Å². The molecule has 1 aliphatic heterocycles. The number of aryl methyl sites for hydroxylation is 1. The van der Waals surface area contributed by atoms with Crippen molar-refractivity contribution in [3.63, 3.8) is 0 Å². The van der Waals surface area contributed by atoms with E-state index >= 15 is 0 Å². The highest BCUT2D eigenvalue weighted by Gasteiger charge is 2.33. The zero-order chi connectivity index (χ0) is 20.9. The number of carbonyl (C=O) groups is 1. The van der Waals surface area contributed by atoms with Crippen molar-refractivity contribution < 1.29 is 9.21 Å². The highest BCUT2D eigenvalue weighted by atomic mass is 35.5. The minimum atomic E-state index is -0.152. The van der Waals surface area contributed by atoms with E-state index in [0.717, 1.165) is 55.5 Å². The molecule has 158 valence electrons. The van der Waals surface area contributed by atoms with E-state index in [9.17, 15) is 4.79 Å². The number of likely N-dealkylation sites (tertiary alicyclic amines) is 1. The number of amides is 1. The van der Waals surface area contributed by atoms with Crippen molar-refractivity contribution in [1.29, 1.82) is 0 Å². The lowest BCUT2D eigenvalue weighted by Gasteiger charge is -2.33. The SMILES string of the molecule is CCCCc1cc(C(=O)N2CCCC[C@@H]2c2ncc(Cc3ccc(Cl)cc3)o2)n[nH]1. The lowest BCUT2D eigenvalue weighted by molar-refractivity contribution is 0.0564. The Hall–Kier alpha value is -2.60. The van der Waals surface area contributed by atoms with Gasteiger partial charge in [-0.25, -0.2) is 4.98 Å². The van der Waals surface area contributed by atoms with Gasteiger partial charge in [-0.1, -0.05) is 37.1 Å². The molecule has 1 aliphatic rings. The molecule has 2 aromatic heterocycles. The number of unbranched alkanes of at least 4 members (excludes halogenated alkanes) is 1. The van der Waals surface area contributed by atoms with E-state index in [4.69, 9.17) is 16.0 Å². The molecule has 0 radical (unpaired) electrons. The Bertz CT molecular complexity index is 979. The van der Waals surface area contributed by atoms with E-state index in [1.165, 1.54) is 0 Å². The van der Waals surface area contributed by atoms with Crippen molar-refractivity contribution in [2.45, 2.75) is 57.9 Å². The van der Waals surface area contributed by atoms with Crippen molar-refractivity contribution in [3.8, 4) is 0 Å². The molecule has 1 N–H and O–H groups in total. The van der Waals surface area contributed by atoms with Crippen LogP contribution in [0, 0.1) is 0 Å². The molecule has 1 fully saturated rings. The van der Waals surface area contributed by atoms with Gasteiger partial charge in [-0.3, -0.25) is 9.89 Å². The first-order valence-electron chi connectivity index (χ1n) is 10.7. The van der Waals surface area contributed by atoms with Crippen LogP contribution in [-0.4, -0.2) is 32.5 Å². The fraction of sp³-hybridized carbons (Fsp3) is 0.435. The maximum absolute atomic E-state index is 13.2. The number of hydrogen-bond acceptors (Lipinski definition) is 4. The van der Waals surface area contributed by atoms with Crippen molar-refractivity contribution in [1.82, 2.24) is 20.1 Å². The number of piperidine rings is 1. The number of benzene rings is 1. The summed E-state index contributed by atoms with van der Waals surface area (Å²) in [7, 11) is 0. The number of carbonyl (C=O) groups excluding carboxylic acids is 1. The van der Waals surface area contributed by atoms with Crippen LogP contribution >= 0.6 is 11.6 Å². The predicted molar refractivity (Wildman–Crippen MR) is 116 cm³/mol. The summed E-state index contributed by atoms with van der Waals surface area (Å²) in [5.74, 6) is 1.33. The van der Waals surface area contributed by atoms with Crippen molar-refractivity contribution in [2.24, 2.45) is 0 Å². The molecule has 1 saturated heterocycles. The second-order valence-electron chi connectivity index (χ2n) is 7.86. The Morgan fingerprint density at radius 2 is 2.13 bits per heavy atom. The fourth-order valence-electron chi connectivity index (χ4n) is 3.91. The molecule has 0 aliphatic carbocycles. The Morgan fingerprint density at radius 3 is 2.93 bits per heavy atom. The molecule has 6 nitrogen and oxygen atoms in total. The molecule has 1 amide bonds. The molecule has 4 rings (SSSR count). The lowest BCUT2D eigenvalue weighted by Crippen LogP contribution is -2.38. The standard InChI is InChI=1S/C23H27ClN4O2/c1-2-3-6-18-14-20(27-26-18)23(29)28-12-5-4-7-21(28)22-25-15-19(30-22)13-16-8-10-17(24)11-9-16/h8-11,14-15,21H,2-7,12-13H2,1H3,(H,26,27)/t21-/m1/s1. The van der Waals surface area contributed by atoms with Gasteiger partial charge in [0.15, 0.2) is 0 Å². The minimum Gasteiger partial charge on any atom is -0.443 e. The maximum atomic E-state index is 13.2. The number of oxazole rings is 1. The summed E-state index contributed by atoms with van der Waals surface area (Å²) in [5, 5.41) is 7.98. The summed E-state index contributed by atoms with van der Waals surface area (Å²) < 4.78 is 6.07. The molecule has 0 unspecified atom stereocenters. The molecule has 0 bridgehead atoms. The van der Waals surface area contributed by atoms with Crippen LogP contribution in [0.2, 0.25) is 5.02 Å². The third-order valence-electron chi connectivity index (χ3n) is 5.56. The minimum absolute atomic E-state index is 0.0591. The van der Waals surface area contributed by atoms with E-state index in [1.54, 1.807) is 6.20 Å².